The molecule has 1 aromatic rings. The monoisotopic (exact) mass is 280 g/mol. The molecule has 0 aliphatic carbocycles. The molecule has 0 aromatic heterocycles. The zero-order valence-electron chi connectivity index (χ0n) is 12.2. The van der Waals surface area contributed by atoms with Crippen LogP contribution in [0.3, 0.4) is 0 Å². The molecule has 0 amide bonds. The van der Waals surface area contributed by atoms with E-state index in [1.54, 1.807) is 19.1 Å². The quantitative estimate of drug-likeness (QED) is 0.437. The fourth-order valence-corrected chi connectivity index (χ4v) is 1.84. The van der Waals surface area contributed by atoms with Gasteiger partial charge in [-0.1, -0.05) is 26.8 Å². The van der Waals surface area contributed by atoms with Crippen LogP contribution >= 0.6 is 0 Å². The number of benzene rings is 1. The van der Waals surface area contributed by atoms with Crippen molar-refractivity contribution in [2.24, 2.45) is 0 Å². The van der Waals surface area contributed by atoms with Gasteiger partial charge in [0, 0.05) is 5.56 Å². The number of aryl methyl sites for hydroxylation is 2. The van der Waals surface area contributed by atoms with Crippen molar-refractivity contribution in [2.75, 3.05) is 6.61 Å². The summed E-state index contributed by atoms with van der Waals surface area (Å²) in [6, 6.07) is 5.27. The van der Waals surface area contributed by atoms with Gasteiger partial charge in [-0.05, 0) is 42.5 Å². The van der Waals surface area contributed by atoms with Gasteiger partial charge in [-0.25, -0.2) is 9.18 Å². The first-order valence-electron chi connectivity index (χ1n) is 7.01. The Kier molecular flexibility index (Phi) is 6.36. The molecule has 0 aliphatic rings. The van der Waals surface area contributed by atoms with Crippen LogP contribution in [0.2, 0.25) is 0 Å². The van der Waals surface area contributed by atoms with Crippen LogP contribution in [0.5, 0.6) is 0 Å². The minimum Gasteiger partial charge on any atom is -0.463 e. The molecule has 3 nitrogen and oxygen atoms in total. The highest BCUT2D eigenvalue weighted by atomic mass is 19.1. The molecule has 20 heavy (non-hydrogen) atoms. The predicted octanol–water partition coefficient (Wildman–Crippen LogP) is 3.29. The molecular weight excluding hydrogens is 259 g/mol. The summed E-state index contributed by atoms with van der Waals surface area (Å²) in [4.78, 5) is 23.4. The summed E-state index contributed by atoms with van der Waals surface area (Å²) in [5.74, 6) is -1.92. The summed E-state index contributed by atoms with van der Waals surface area (Å²) in [6.07, 6.45) is -0.132. The van der Waals surface area contributed by atoms with E-state index in [0.29, 0.717) is 6.42 Å². The Labute approximate surface area is 119 Å². The van der Waals surface area contributed by atoms with Gasteiger partial charge in [0.15, 0.2) is 0 Å². The first kappa shape index (κ1) is 16.3. The van der Waals surface area contributed by atoms with Crippen LogP contribution in [-0.4, -0.2) is 24.5 Å². The van der Waals surface area contributed by atoms with Gasteiger partial charge in [-0.3, -0.25) is 4.79 Å². The molecule has 0 fully saturated rings. The van der Waals surface area contributed by atoms with E-state index in [1.165, 1.54) is 0 Å². The maximum Gasteiger partial charge on any atom is 0.349 e. The van der Waals surface area contributed by atoms with Crippen LogP contribution in [0.15, 0.2) is 18.2 Å². The van der Waals surface area contributed by atoms with E-state index < -0.39 is 17.9 Å². The molecule has 0 aliphatic heterocycles. The van der Waals surface area contributed by atoms with Crippen molar-refractivity contribution in [3.63, 3.8) is 0 Å². The third-order valence-electron chi connectivity index (χ3n) is 3.04. The molecular formula is C16H21FO3. The van der Waals surface area contributed by atoms with Gasteiger partial charge < -0.3 is 4.74 Å². The lowest BCUT2D eigenvalue weighted by atomic mass is 9.98. The summed E-state index contributed by atoms with van der Waals surface area (Å²) in [6.45, 7) is 5.86. The van der Waals surface area contributed by atoms with Crippen LogP contribution in [0.1, 0.15) is 48.7 Å². The van der Waals surface area contributed by atoms with Crippen molar-refractivity contribution in [3.8, 4) is 0 Å². The second-order valence-corrected chi connectivity index (χ2v) is 4.64. The number of alkyl halides is 1. The second kappa shape index (κ2) is 7.78. The number of carbonyl (C=O) groups is 2. The molecule has 1 rings (SSSR count). The predicted molar refractivity (Wildman–Crippen MR) is 75.7 cm³/mol. The molecule has 0 N–H and O–H groups in total. The Morgan fingerprint density at radius 3 is 2.10 bits per heavy atom. The van der Waals surface area contributed by atoms with Gasteiger partial charge in [0.05, 0.1) is 6.61 Å². The largest absolute Gasteiger partial charge is 0.463 e. The average Bonchev–Trinajstić information content (AvgIpc) is 2.50. The lowest BCUT2D eigenvalue weighted by Gasteiger charge is -2.10. The highest BCUT2D eigenvalue weighted by molar-refractivity contribution is 6.11. The van der Waals surface area contributed by atoms with Gasteiger partial charge in [0.25, 0.3) is 6.17 Å². The standard InChI is InChI=1S/C16H21FO3/c1-4-7-20-16(19)14(17)15(18)13-9-11(5-2)8-12(6-3)10-13/h8-10,14H,4-7H2,1-3H3. The molecule has 0 spiro atoms. The number of halogens is 1. The van der Waals surface area contributed by atoms with Crippen molar-refractivity contribution in [1.82, 2.24) is 0 Å². The molecule has 110 valence electrons. The Morgan fingerprint density at radius 1 is 1.10 bits per heavy atom. The number of rotatable bonds is 7. The molecule has 4 heteroatoms. The third-order valence-corrected chi connectivity index (χ3v) is 3.04. The zero-order valence-corrected chi connectivity index (χ0v) is 12.2. The van der Waals surface area contributed by atoms with Crippen LogP contribution in [0.4, 0.5) is 4.39 Å². The summed E-state index contributed by atoms with van der Waals surface area (Å²) in [5, 5.41) is 0. The third kappa shape index (κ3) is 4.15. The van der Waals surface area contributed by atoms with E-state index in [9.17, 15) is 14.0 Å². The van der Waals surface area contributed by atoms with Gasteiger partial charge in [-0.15, -0.1) is 0 Å². The van der Waals surface area contributed by atoms with Crippen molar-refractivity contribution in [2.45, 2.75) is 46.2 Å². The first-order valence-corrected chi connectivity index (χ1v) is 7.01. The SMILES string of the molecule is CCCOC(=O)C(F)C(=O)c1cc(CC)cc(CC)c1. The van der Waals surface area contributed by atoms with Crippen LogP contribution in [0, 0.1) is 0 Å². The molecule has 0 heterocycles. The summed E-state index contributed by atoms with van der Waals surface area (Å²) in [5.41, 5.74) is 2.16. The molecule has 0 saturated carbocycles. The topological polar surface area (TPSA) is 43.4 Å². The van der Waals surface area contributed by atoms with Crippen molar-refractivity contribution in [1.29, 1.82) is 0 Å². The van der Waals surface area contributed by atoms with E-state index in [-0.39, 0.29) is 12.2 Å². The van der Waals surface area contributed by atoms with E-state index in [2.05, 4.69) is 4.74 Å². The molecule has 0 saturated heterocycles. The second-order valence-electron chi connectivity index (χ2n) is 4.64. The first-order chi connectivity index (χ1) is 9.53. The lowest BCUT2D eigenvalue weighted by Crippen LogP contribution is -2.28. The Bertz CT molecular complexity index is 460. The summed E-state index contributed by atoms with van der Waals surface area (Å²) in [7, 11) is 0. The number of ether oxygens (including phenoxy) is 1. The Morgan fingerprint density at radius 2 is 1.65 bits per heavy atom. The van der Waals surface area contributed by atoms with Gasteiger partial charge >= 0.3 is 5.97 Å². The molecule has 1 atom stereocenters. The van der Waals surface area contributed by atoms with Crippen LogP contribution in [0.25, 0.3) is 0 Å². The highest BCUT2D eigenvalue weighted by Crippen LogP contribution is 2.15. The summed E-state index contributed by atoms with van der Waals surface area (Å²) < 4.78 is 18.5. The molecule has 0 bridgehead atoms. The Balaban J connectivity index is 2.93. The zero-order chi connectivity index (χ0) is 15.1. The number of hydrogen-bond donors (Lipinski definition) is 0. The van der Waals surface area contributed by atoms with Gasteiger partial charge in [-0.2, -0.15) is 0 Å². The normalized spacial score (nSPS) is 12.0. The fourth-order valence-electron chi connectivity index (χ4n) is 1.84. The van der Waals surface area contributed by atoms with Crippen LogP contribution in [-0.2, 0) is 22.4 Å². The molecule has 0 radical (unpaired) electrons. The molecule has 1 unspecified atom stereocenters. The summed E-state index contributed by atoms with van der Waals surface area (Å²) >= 11 is 0. The average molecular weight is 280 g/mol. The van der Waals surface area contributed by atoms with E-state index in [1.807, 2.05) is 19.9 Å². The van der Waals surface area contributed by atoms with Crippen molar-refractivity contribution < 1.29 is 18.7 Å². The van der Waals surface area contributed by atoms with E-state index >= 15 is 0 Å². The maximum atomic E-state index is 13.8. The van der Waals surface area contributed by atoms with Crippen LogP contribution < -0.4 is 0 Å². The smallest absolute Gasteiger partial charge is 0.349 e. The number of carbonyl (C=O) groups excluding carboxylic acids is 2. The number of Topliss-reactive ketones (excluding diaryl/α,β-unsaturated/α-hetero) is 1. The highest BCUT2D eigenvalue weighted by Gasteiger charge is 2.28. The van der Waals surface area contributed by atoms with E-state index in [0.717, 1.165) is 24.0 Å². The minimum atomic E-state index is -2.24. The minimum absolute atomic E-state index is 0.127. The van der Waals surface area contributed by atoms with Crippen molar-refractivity contribution >= 4 is 11.8 Å². The van der Waals surface area contributed by atoms with Crippen molar-refractivity contribution in [3.05, 3.63) is 34.9 Å². The lowest BCUT2D eigenvalue weighted by molar-refractivity contribution is -0.147. The van der Waals surface area contributed by atoms with Gasteiger partial charge in [0.1, 0.15) is 0 Å². The number of ketones is 1. The number of hydrogen-bond acceptors (Lipinski definition) is 3. The Hall–Kier alpha value is -1.71. The number of esters is 1. The fraction of sp³-hybridized carbons (Fsp3) is 0.500. The van der Waals surface area contributed by atoms with E-state index in [4.69, 9.17) is 0 Å². The van der Waals surface area contributed by atoms with Gasteiger partial charge in [0.2, 0.25) is 5.78 Å². The maximum absolute atomic E-state index is 13.8. The molecule has 1 aromatic carbocycles.